The summed E-state index contributed by atoms with van der Waals surface area (Å²) in [5, 5.41) is 10.5. The number of hydrogen-bond acceptors (Lipinski definition) is 9. The number of anilines is 3. The molecule has 8 rings (SSSR count). The molecule has 0 aliphatic carbocycles. The Morgan fingerprint density at radius 3 is 2.53 bits per heavy atom. The minimum absolute atomic E-state index is 0.186. The van der Waals surface area contributed by atoms with E-state index in [1.165, 1.54) is 11.8 Å². The molecule has 0 bridgehead atoms. The Balaban J connectivity index is 0.815. The topological polar surface area (TPSA) is 116 Å². The van der Waals surface area contributed by atoms with Crippen LogP contribution in [0.5, 0.6) is 0 Å². The van der Waals surface area contributed by atoms with Crippen LogP contribution in [0.25, 0.3) is 16.9 Å². The summed E-state index contributed by atoms with van der Waals surface area (Å²) in [6.07, 6.45) is 11.7. The first-order valence-corrected chi connectivity index (χ1v) is 18.4. The maximum Gasteiger partial charge on any atom is 0.234 e. The highest BCUT2D eigenvalue weighted by Gasteiger charge is 2.30. The van der Waals surface area contributed by atoms with E-state index in [2.05, 4.69) is 54.4 Å². The lowest BCUT2D eigenvalue weighted by molar-refractivity contribution is -0.134. The zero-order valence-electron chi connectivity index (χ0n) is 30.0. The maximum absolute atomic E-state index is 14.7. The third-order valence-electron chi connectivity index (χ3n) is 11.2. The van der Waals surface area contributed by atoms with E-state index in [4.69, 9.17) is 5.10 Å². The minimum Gasteiger partial charge on any atom is -0.369 e. The Hall–Kier alpha value is -5.21. The number of nitrogens with zero attached hydrogens (tertiary/aromatic N) is 8. The third kappa shape index (κ3) is 7.25. The highest BCUT2D eigenvalue weighted by atomic mass is 19.1. The number of imidazole rings is 1. The van der Waals surface area contributed by atoms with Crippen LogP contribution in [0, 0.1) is 18.6 Å². The standard InChI is InChI=1S/C39H44F2N10O2/c1-25-19-32(34(41)21-33(25)40)35-23-43-37(38-42-10-12-50(35)38)45-28-22-44-51(24-28)30-9-11-48(26(2)20-30)16-13-47-14-17-49(18-15-47)29-5-3-27(4-6-29)31-7-8-36(52)46-39(31)53/h3-6,10,12,19,21-24,26,30-31H,7-9,11,13-18,20H2,1-2H3,(H,43,45)(H,46,52,53)/t26-,30-,31?/m1/s1. The number of carbonyl (C=O) groups excluding carboxylic acids is 2. The molecular weight excluding hydrogens is 678 g/mol. The summed E-state index contributed by atoms with van der Waals surface area (Å²) in [6.45, 7) is 10.9. The van der Waals surface area contributed by atoms with E-state index in [0.717, 1.165) is 76.0 Å². The van der Waals surface area contributed by atoms with Crippen LogP contribution >= 0.6 is 0 Å². The van der Waals surface area contributed by atoms with Gasteiger partial charge in [-0.1, -0.05) is 12.1 Å². The zero-order valence-corrected chi connectivity index (χ0v) is 30.0. The quantitative estimate of drug-likeness (QED) is 0.196. The first-order chi connectivity index (χ1) is 25.7. The van der Waals surface area contributed by atoms with Crippen LogP contribution in [-0.4, -0.2) is 97.6 Å². The molecule has 2 N–H and O–H groups in total. The van der Waals surface area contributed by atoms with Crippen molar-refractivity contribution in [2.75, 3.05) is 56.0 Å². The van der Waals surface area contributed by atoms with Crippen molar-refractivity contribution in [2.24, 2.45) is 0 Å². The molecule has 0 radical (unpaired) electrons. The van der Waals surface area contributed by atoms with Gasteiger partial charge in [0.2, 0.25) is 11.8 Å². The van der Waals surface area contributed by atoms with Gasteiger partial charge in [0.1, 0.15) is 11.6 Å². The molecule has 0 saturated carbocycles. The number of carbonyl (C=O) groups is 2. The van der Waals surface area contributed by atoms with E-state index in [1.807, 2.05) is 23.0 Å². The van der Waals surface area contributed by atoms with Crippen molar-refractivity contribution in [3.8, 4) is 11.3 Å². The molecule has 1 unspecified atom stereocenters. The molecular formula is C39H44F2N10O2. The third-order valence-corrected chi connectivity index (χ3v) is 11.2. The van der Waals surface area contributed by atoms with Crippen molar-refractivity contribution in [2.45, 2.75) is 57.5 Å². The molecule has 3 fully saturated rings. The van der Waals surface area contributed by atoms with Crippen LogP contribution in [0.4, 0.5) is 26.0 Å². The smallest absolute Gasteiger partial charge is 0.234 e. The summed E-state index contributed by atoms with van der Waals surface area (Å²) < 4.78 is 32.5. The van der Waals surface area contributed by atoms with E-state index in [1.54, 1.807) is 36.1 Å². The summed E-state index contributed by atoms with van der Waals surface area (Å²) in [6, 6.07) is 11.4. The molecule has 53 heavy (non-hydrogen) atoms. The van der Waals surface area contributed by atoms with Crippen LogP contribution in [0.1, 0.15) is 55.7 Å². The number of piperazine rings is 1. The number of benzene rings is 2. The van der Waals surface area contributed by atoms with Crippen molar-refractivity contribution >= 4 is 34.7 Å². The Bertz CT molecular complexity index is 2120. The van der Waals surface area contributed by atoms with Gasteiger partial charge >= 0.3 is 0 Å². The molecule has 3 saturated heterocycles. The SMILES string of the molecule is Cc1cc(-c2cnc(Nc3cnn([C@@H]4CCN(CCN5CCN(c6ccc(C7CCC(=O)NC7=O)cc6)CC5)[C@H](C)C4)c3)c3nccn23)c(F)cc1F. The molecule has 3 atom stereocenters. The number of aryl methyl sites for hydroxylation is 1. The average molecular weight is 723 g/mol. The Morgan fingerprint density at radius 1 is 0.943 bits per heavy atom. The molecule has 3 aromatic heterocycles. The molecule has 6 heterocycles. The molecule has 0 spiro atoms. The van der Waals surface area contributed by atoms with Crippen LogP contribution in [0.15, 0.2) is 67.4 Å². The number of amides is 2. The Morgan fingerprint density at radius 2 is 1.75 bits per heavy atom. The van der Waals surface area contributed by atoms with Gasteiger partial charge in [-0.05, 0) is 62.4 Å². The summed E-state index contributed by atoms with van der Waals surface area (Å²) in [5.74, 6) is -1.36. The number of likely N-dealkylation sites (tertiary alicyclic amines) is 1. The summed E-state index contributed by atoms with van der Waals surface area (Å²) in [5.41, 5.74) is 4.56. The molecule has 2 amide bonds. The van der Waals surface area contributed by atoms with Gasteiger partial charge in [-0.25, -0.2) is 18.7 Å². The molecule has 5 aromatic rings. The number of rotatable bonds is 9. The lowest BCUT2D eigenvalue weighted by Gasteiger charge is -2.40. The molecule has 3 aliphatic heterocycles. The molecule has 2 aromatic carbocycles. The number of imide groups is 1. The fourth-order valence-electron chi connectivity index (χ4n) is 8.00. The van der Waals surface area contributed by atoms with E-state index < -0.39 is 11.6 Å². The molecule has 12 nitrogen and oxygen atoms in total. The van der Waals surface area contributed by atoms with Crippen LogP contribution in [-0.2, 0) is 9.59 Å². The van der Waals surface area contributed by atoms with Crippen LogP contribution < -0.4 is 15.5 Å². The second kappa shape index (κ2) is 14.7. The summed E-state index contributed by atoms with van der Waals surface area (Å²) >= 11 is 0. The van der Waals surface area contributed by atoms with E-state index in [0.29, 0.717) is 41.6 Å². The average Bonchev–Trinajstić information content (AvgIpc) is 3.84. The second-order valence-corrected chi connectivity index (χ2v) is 14.5. The normalized spacial score (nSPS) is 21.7. The van der Waals surface area contributed by atoms with Gasteiger partial charge in [-0.15, -0.1) is 0 Å². The van der Waals surface area contributed by atoms with Crippen molar-refractivity contribution in [3.05, 3.63) is 90.1 Å². The lowest BCUT2D eigenvalue weighted by atomic mass is 9.90. The predicted molar refractivity (Wildman–Crippen MR) is 198 cm³/mol. The van der Waals surface area contributed by atoms with E-state index in [9.17, 15) is 18.4 Å². The van der Waals surface area contributed by atoms with Crippen molar-refractivity contribution in [1.82, 2.24) is 39.3 Å². The highest BCUT2D eigenvalue weighted by molar-refractivity contribution is 6.01. The lowest BCUT2D eigenvalue weighted by Crippen LogP contribution is -2.50. The van der Waals surface area contributed by atoms with Crippen molar-refractivity contribution < 1.29 is 18.4 Å². The van der Waals surface area contributed by atoms with Crippen molar-refractivity contribution in [3.63, 3.8) is 0 Å². The monoisotopic (exact) mass is 722 g/mol. The van der Waals surface area contributed by atoms with Gasteiger partial charge in [-0.3, -0.25) is 33.8 Å². The number of halogens is 2. The Labute approximate surface area is 306 Å². The minimum atomic E-state index is -0.653. The first-order valence-electron chi connectivity index (χ1n) is 18.4. The van der Waals surface area contributed by atoms with Gasteiger partial charge < -0.3 is 10.2 Å². The van der Waals surface area contributed by atoms with Crippen molar-refractivity contribution in [1.29, 1.82) is 0 Å². The number of fused-ring (bicyclic) bond motifs is 1. The highest BCUT2D eigenvalue weighted by Crippen LogP contribution is 2.31. The first kappa shape index (κ1) is 34.9. The summed E-state index contributed by atoms with van der Waals surface area (Å²) in [4.78, 5) is 40.4. The van der Waals surface area contributed by atoms with Crippen LogP contribution in [0.2, 0.25) is 0 Å². The van der Waals surface area contributed by atoms with E-state index in [-0.39, 0.29) is 29.3 Å². The number of nitrogens with one attached hydrogen (secondary N) is 2. The predicted octanol–water partition coefficient (Wildman–Crippen LogP) is 5.29. The van der Waals surface area contributed by atoms with Gasteiger partial charge in [0.25, 0.3) is 0 Å². The van der Waals surface area contributed by atoms with Gasteiger partial charge in [-0.2, -0.15) is 5.10 Å². The summed E-state index contributed by atoms with van der Waals surface area (Å²) in [7, 11) is 0. The zero-order chi connectivity index (χ0) is 36.6. The fourth-order valence-corrected chi connectivity index (χ4v) is 8.00. The molecule has 3 aliphatic rings. The Kier molecular flexibility index (Phi) is 9.64. The number of piperidine rings is 2. The largest absolute Gasteiger partial charge is 0.369 e. The maximum atomic E-state index is 14.7. The van der Waals surface area contributed by atoms with Gasteiger partial charge in [0.05, 0.1) is 35.7 Å². The van der Waals surface area contributed by atoms with Gasteiger partial charge in [0, 0.05) is 94.2 Å². The fraction of sp³-hybridized carbons (Fsp3) is 0.410. The van der Waals surface area contributed by atoms with Crippen LogP contribution in [0.3, 0.4) is 0 Å². The number of hydrogen-bond donors (Lipinski definition) is 2. The van der Waals surface area contributed by atoms with E-state index >= 15 is 0 Å². The number of aromatic nitrogens is 5. The molecule has 276 valence electrons. The molecule has 14 heteroatoms. The second-order valence-electron chi connectivity index (χ2n) is 14.5. The van der Waals surface area contributed by atoms with Gasteiger partial charge in [0.15, 0.2) is 11.5 Å².